The molecule has 2 aromatic heterocycles. The quantitative estimate of drug-likeness (QED) is 0.120. The average molecular weight is 752 g/mol. The lowest BCUT2D eigenvalue weighted by molar-refractivity contribution is 0.0697. The van der Waals surface area contributed by atoms with E-state index in [9.17, 15) is 4.79 Å². The van der Waals surface area contributed by atoms with Crippen molar-refractivity contribution in [2.24, 2.45) is 11.8 Å². The molecule has 0 aliphatic heterocycles. The predicted octanol–water partition coefficient (Wildman–Crippen LogP) is 11.1. The molecule has 9 nitrogen and oxygen atoms in total. The number of hydrogen-bond acceptors (Lipinski definition) is 6. The monoisotopic (exact) mass is 751 g/mol. The molecule has 0 radical (unpaired) electrons. The zero-order valence-electron chi connectivity index (χ0n) is 32.5. The van der Waals surface area contributed by atoms with Crippen LogP contribution in [0.1, 0.15) is 43.6 Å². The summed E-state index contributed by atoms with van der Waals surface area (Å²) in [5.41, 5.74) is 13.2. The number of anilines is 2. The number of carboxylic acids is 1. The van der Waals surface area contributed by atoms with Gasteiger partial charge in [0.2, 0.25) is 0 Å². The maximum absolute atomic E-state index is 11.2. The maximum Gasteiger partial charge on any atom is 0.335 e. The Bertz CT molecular complexity index is 2660. The van der Waals surface area contributed by atoms with Crippen molar-refractivity contribution >= 4 is 39.4 Å². The number of hydrogen-bond donors (Lipinski definition) is 3. The molecule has 6 aromatic carbocycles. The van der Waals surface area contributed by atoms with Gasteiger partial charge in [-0.1, -0.05) is 88.4 Å². The van der Waals surface area contributed by atoms with Crippen molar-refractivity contribution < 1.29 is 9.90 Å². The molecule has 0 aliphatic rings. The van der Waals surface area contributed by atoms with Crippen molar-refractivity contribution in [3.63, 3.8) is 0 Å². The fraction of sp³-hybridized carbons (Fsp3) is 0.167. The van der Waals surface area contributed by atoms with Crippen LogP contribution < -0.4 is 10.6 Å². The summed E-state index contributed by atoms with van der Waals surface area (Å²) in [6, 6.07) is 45.8. The van der Waals surface area contributed by atoms with Gasteiger partial charge in [-0.3, -0.25) is 9.13 Å². The molecule has 0 fully saturated rings. The summed E-state index contributed by atoms with van der Waals surface area (Å²) >= 11 is 0. The van der Waals surface area contributed by atoms with Crippen LogP contribution in [-0.4, -0.2) is 43.3 Å². The summed E-state index contributed by atoms with van der Waals surface area (Å²) in [6.07, 6.45) is 3.64. The number of fused-ring (bicyclic) bond motifs is 2. The molecule has 2 heterocycles. The van der Waals surface area contributed by atoms with Crippen molar-refractivity contribution in [1.82, 2.24) is 19.1 Å². The van der Waals surface area contributed by atoms with E-state index in [1.807, 2.05) is 59.4 Å². The van der Waals surface area contributed by atoms with Crippen molar-refractivity contribution in [1.29, 1.82) is 5.26 Å². The molecule has 0 aliphatic carbocycles. The van der Waals surface area contributed by atoms with Crippen LogP contribution >= 0.6 is 0 Å². The first-order chi connectivity index (χ1) is 27.7. The zero-order chi connectivity index (χ0) is 39.9. The predicted molar refractivity (Wildman–Crippen MR) is 231 cm³/mol. The Kier molecular flexibility index (Phi) is 11.4. The summed E-state index contributed by atoms with van der Waals surface area (Å²) in [5.74, 6) is 0.116. The van der Waals surface area contributed by atoms with E-state index in [4.69, 9.17) is 10.4 Å². The topological polar surface area (TPSA) is 121 Å². The number of carbonyl (C=O) groups is 1. The standard InChI is InChI=1S/C24H22N4.C24H23N3O2/c1-17(2)15-26-22-12-20(19-6-4-3-5-7-19)13-23-24(22)27-16-28(23)21-10-8-18(14-25)9-11-21;1-16(2)14-25-21-12-19(17-6-4-3-5-7-17)13-22-23(21)26-15-27(22)20-10-8-18(9-11-20)24(28)29/h3-13,16-17,26H,15H2,1-2H3;3-13,15-16,25H,14H2,1-2H3,(H,28,29). The van der Waals surface area contributed by atoms with Gasteiger partial charge in [-0.05, 0) is 107 Å². The average Bonchev–Trinajstić information content (AvgIpc) is 3.88. The Balaban J connectivity index is 0.000000174. The van der Waals surface area contributed by atoms with Gasteiger partial charge in [0, 0.05) is 24.5 Å². The van der Waals surface area contributed by atoms with E-state index in [-0.39, 0.29) is 5.56 Å². The minimum Gasteiger partial charge on any atom is -0.478 e. The highest BCUT2D eigenvalue weighted by Crippen LogP contribution is 2.34. The van der Waals surface area contributed by atoms with Gasteiger partial charge in [0.15, 0.2) is 0 Å². The van der Waals surface area contributed by atoms with Gasteiger partial charge in [-0.25, -0.2) is 14.8 Å². The Morgan fingerprint density at radius 1 is 0.614 bits per heavy atom. The SMILES string of the molecule is CC(C)CNc1cc(-c2ccccc2)cc2c1ncn2-c1ccc(C#N)cc1.CC(C)CNc1cc(-c2ccccc2)cc2c1ncn2-c1ccc(C(=O)O)cc1. The van der Waals surface area contributed by atoms with Gasteiger partial charge >= 0.3 is 5.97 Å². The minimum atomic E-state index is -0.932. The molecule has 0 atom stereocenters. The van der Waals surface area contributed by atoms with Crippen LogP contribution in [0.3, 0.4) is 0 Å². The number of rotatable bonds is 11. The molecule has 8 aromatic rings. The fourth-order valence-corrected chi connectivity index (χ4v) is 6.60. The number of nitriles is 1. The van der Waals surface area contributed by atoms with E-state index in [0.29, 0.717) is 17.4 Å². The first-order valence-electron chi connectivity index (χ1n) is 19.1. The molecule has 0 amide bonds. The van der Waals surface area contributed by atoms with Crippen LogP contribution in [-0.2, 0) is 0 Å². The van der Waals surface area contributed by atoms with Crippen LogP contribution in [0.15, 0.2) is 146 Å². The molecule has 9 heteroatoms. The minimum absolute atomic E-state index is 0.266. The number of imidazole rings is 2. The van der Waals surface area contributed by atoms with Crippen LogP contribution in [0.4, 0.5) is 11.4 Å². The van der Waals surface area contributed by atoms with Crippen molar-refractivity contribution in [3.05, 3.63) is 157 Å². The second-order valence-corrected chi connectivity index (χ2v) is 14.8. The van der Waals surface area contributed by atoms with Crippen LogP contribution in [0.5, 0.6) is 0 Å². The van der Waals surface area contributed by atoms with Crippen molar-refractivity contribution in [2.45, 2.75) is 27.7 Å². The van der Waals surface area contributed by atoms with E-state index >= 15 is 0 Å². The van der Waals surface area contributed by atoms with Gasteiger partial charge in [-0.15, -0.1) is 0 Å². The van der Waals surface area contributed by atoms with E-state index in [1.165, 1.54) is 5.56 Å². The summed E-state index contributed by atoms with van der Waals surface area (Å²) < 4.78 is 4.07. The molecule has 57 heavy (non-hydrogen) atoms. The Labute approximate surface area is 332 Å². The Hall–Kier alpha value is -7.18. The summed E-state index contributed by atoms with van der Waals surface area (Å²) in [7, 11) is 0. The highest BCUT2D eigenvalue weighted by molar-refractivity contribution is 5.95. The summed E-state index contributed by atoms with van der Waals surface area (Å²) in [6.45, 7) is 10.5. The number of aromatic nitrogens is 4. The normalized spacial score (nSPS) is 11.0. The molecular formula is C48H45N7O2. The molecule has 0 saturated heterocycles. The molecule has 0 spiro atoms. The molecule has 0 saturated carbocycles. The largest absolute Gasteiger partial charge is 0.478 e. The molecular weight excluding hydrogens is 707 g/mol. The van der Waals surface area contributed by atoms with Crippen LogP contribution in [0.25, 0.3) is 55.7 Å². The maximum atomic E-state index is 11.2. The number of aromatic carboxylic acids is 1. The Morgan fingerprint density at radius 3 is 1.42 bits per heavy atom. The molecule has 3 N–H and O–H groups in total. The van der Waals surface area contributed by atoms with Gasteiger partial charge in [-0.2, -0.15) is 5.26 Å². The first-order valence-corrected chi connectivity index (χ1v) is 19.1. The lowest BCUT2D eigenvalue weighted by atomic mass is 10.0. The molecule has 284 valence electrons. The second kappa shape index (κ2) is 17.1. The van der Waals surface area contributed by atoms with Gasteiger partial charge in [0.1, 0.15) is 23.7 Å². The number of carboxylic acid groups (broad SMARTS) is 1. The lowest BCUT2D eigenvalue weighted by Gasteiger charge is -2.13. The third-order valence-corrected chi connectivity index (χ3v) is 9.59. The second-order valence-electron chi connectivity index (χ2n) is 14.8. The highest BCUT2D eigenvalue weighted by atomic mass is 16.4. The van der Waals surface area contributed by atoms with E-state index in [0.717, 1.165) is 74.6 Å². The van der Waals surface area contributed by atoms with Crippen LogP contribution in [0.2, 0.25) is 0 Å². The third-order valence-electron chi connectivity index (χ3n) is 9.59. The highest BCUT2D eigenvalue weighted by Gasteiger charge is 2.15. The summed E-state index contributed by atoms with van der Waals surface area (Å²) in [5, 5.41) is 25.3. The Morgan fingerprint density at radius 2 is 1.04 bits per heavy atom. The first kappa shape index (κ1) is 38.1. The lowest BCUT2D eigenvalue weighted by Crippen LogP contribution is -2.08. The van der Waals surface area contributed by atoms with Gasteiger partial charge in [0.25, 0.3) is 0 Å². The fourth-order valence-electron chi connectivity index (χ4n) is 6.60. The van der Waals surface area contributed by atoms with Crippen LogP contribution in [0, 0.1) is 23.2 Å². The van der Waals surface area contributed by atoms with Crippen molar-refractivity contribution in [2.75, 3.05) is 23.7 Å². The molecule has 0 unspecified atom stereocenters. The summed E-state index contributed by atoms with van der Waals surface area (Å²) in [4.78, 5) is 20.5. The number of nitrogens with zero attached hydrogens (tertiary/aromatic N) is 5. The zero-order valence-corrected chi connectivity index (χ0v) is 32.5. The van der Waals surface area contributed by atoms with E-state index in [2.05, 4.69) is 120 Å². The van der Waals surface area contributed by atoms with E-state index in [1.54, 1.807) is 30.6 Å². The number of nitrogens with one attached hydrogen (secondary N) is 2. The molecule has 0 bridgehead atoms. The smallest absolute Gasteiger partial charge is 0.335 e. The van der Waals surface area contributed by atoms with Gasteiger partial charge < -0.3 is 15.7 Å². The molecule has 8 rings (SSSR count). The van der Waals surface area contributed by atoms with Gasteiger partial charge in [0.05, 0.1) is 39.6 Å². The third kappa shape index (κ3) is 8.71. The van der Waals surface area contributed by atoms with E-state index < -0.39 is 5.97 Å². The number of benzene rings is 6. The van der Waals surface area contributed by atoms with Crippen molar-refractivity contribution in [3.8, 4) is 39.7 Å².